The third kappa shape index (κ3) is 8.45. The molecular weight excluding hydrogens is 412 g/mol. The summed E-state index contributed by atoms with van der Waals surface area (Å²) in [5.74, 6) is 2.24. The fourth-order valence-corrected chi connectivity index (χ4v) is 2.95. The van der Waals surface area contributed by atoms with Crippen molar-refractivity contribution in [2.75, 3.05) is 43.8 Å². The monoisotopic (exact) mass is 442 g/mol. The molecule has 0 atom stereocenters. The molecule has 166 valence electrons. The molecule has 0 unspecified atom stereocenters. The number of ether oxygens (including phenoxy) is 2. The summed E-state index contributed by atoms with van der Waals surface area (Å²) in [5.41, 5.74) is 8.76. The number of allylic oxidation sites excluding steroid dienone is 1. The van der Waals surface area contributed by atoms with Crippen molar-refractivity contribution in [2.45, 2.75) is 6.42 Å². The fourth-order valence-electron chi connectivity index (χ4n) is 2.67. The van der Waals surface area contributed by atoms with Crippen LogP contribution in [0.15, 0.2) is 59.7 Å². The van der Waals surface area contributed by atoms with E-state index in [4.69, 9.17) is 25.7 Å². The maximum atomic E-state index is 8.91. The van der Waals surface area contributed by atoms with Gasteiger partial charge in [-0.15, -0.1) is 0 Å². The molecule has 7 nitrogen and oxygen atoms in total. The number of rotatable bonds is 14. The van der Waals surface area contributed by atoms with Crippen LogP contribution in [0, 0.1) is 5.41 Å². The Morgan fingerprint density at radius 2 is 2.00 bits per heavy atom. The highest BCUT2D eigenvalue weighted by Crippen LogP contribution is 2.26. The lowest BCUT2D eigenvalue weighted by Crippen LogP contribution is -2.05. The molecule has 0 amide bonds. The number of thioether (sulfide) groups is 1. The summed E-state index contributed by atoms with van der Waals surface area (Å²) in [7, 11) is 0. The van der Waals surface area contributed by atoms with E-state index < -0.39 is 0 Å². The Bertz CT molecular complexity index is 870. The third-order valence-corrected chi connectivity index (χ3v) is 4.80. The lowest BCUT2D eigenvalue weighted by molar-refractivity contribution is 0.159. The molecule has 2 rings (SSSR count). The molecule has 0 aliphatic rings. The van der Waals surface area contributed by atoms with E-state index >= 15 is 0 Å². The Hall–Kier alpha value is -2.81. The van der Waals surface area contributed by atoms with Crippen LogP contribution in [0.4, 0.5) is 5.69 Å². The second-order valence-corrected chi connectivity index (χ2v) is 7.44. The number of aliphatic hydroxyl groups excluding tert-OH is 1. The molecule has 0 saturated carbocycles. The normalized spacial score (nSPS) is 11.6. The van der Waals surface area contributed by atoms with Crippen molar-refractivity contribution < 1.29 is 14.6 Å². The highest BCUT2D eigenvalue weighted by molar-refractivity contribution is 7.98. The van der Waals surface area contributed by atoms with Gasteiger partial charge in [-0.05, 0) is 67.4 Å². The van der Waals surface area contributed by atoms with E-state index in [1.807, 2.05) is 42.7 Å². The van der Waals surface area contributed by atoms with Crippen LogP contribution in [0.2, 0.25) is 0 Å². The van der Waals surface area contributed by atoms with Crippen LogP contribution in [0.1, 0.15) is 17.5 Å². The van der Waals surface area contributed by atoms with E-state index in [0.29, 0.717) is 31.1 Å². The summed E-state index contributed by atoms with van der Waals surface area (Å²) >= 11 is 1.73. The number of nitrogens with two attached hydrogens (primary N) is 1. The first-order valence-electron chi connectivity index (χ1n) is 9.98. The summed E-state index contributed by atoms with van der Waals surface area (Å²) in [6.07, 6.45) is 7.17. The molecule has 5 N–H and O–H groups in total. The summed E-state index contributed by atoms with van der Waals surface area (Å²) in [4.78, 5) is 4.46. The van der Waals surface area contributed by atoms with Crippen molar-refractivity contribution in [3.8, 4) is 11.5 Å². The van der Waals surface area contributed by atoms with Crippen LogP contribution in [-0.4, -0.2) is 55.5 Å². The summed E-state index contributed by atoms with van der Waals surface area (Å²) in [5, 5.41) is 19.8. The van der Waals surface area contributed by atoms with E-state index in [0.717, 1.165) is 28.3 Å². The minimum atomic E-state index is 0.128. The van der Waals surface area contributed by atoms with Gasteiger partial charge in [0.2, 0.25) is 0 Å². The Kier molecular flexibility index (Phi) is 11.2. The van der Waals surface area contributed by atoms with Gasteiger partial charge in [0.05, 0.1) is 12.3 Å². The fraction of sp³-hybridized carbons (Fsp3) is 0.304. The van der Waals surface area contributed by atoms with Gasteiger partial charge in [0.15, 0.2) is 0 Å². The van der Waals surface area contributed by atoms with E-state index in [-0.39, 0.29) is 13.3 Å². The predicted octanol–water partition coefficient (Wildman–Crippen LogP) is 3.87. The van der Waals surface area contributed by atoms with Crippen molar-refractivity contribution in [3.63, 3.8) is 0 Å². The van der Waals surface area contributed by atoms with Gasteiger partial charge in [-0.3, -0.25) is 4.99 Å². The number of hydrogen-bond donors (Lipinski definition) is 4. The van der Waals surface area contributed by atoms with Gasteiger partial charge in [-0.1, -0.05) is 0 Å². The van der Waals surface area contributed by atoms with Gasteiger partial charge in [-0.25, -0.2) is 0 Å². The number of nitrogens with zero attached hydrogens (tertiary/aromatic N) is 1. The average Bonchev–Trinajstić information content (AvgIpc) is 2.79. The van der Waals surface area contributed by atoms with Crippen LogP contribution in [0.5, 0.6) is 11.5 Å². The van der Waals surface area contributed by atoms with Gasteiger partial charge in [0, 0.05) is 41.9 Å². The molecule has 0 saturated heterocycles. The largest absolute Gasteiger partial charge is 0.457 e. The first kappa shape index (κ1) is 24.5. The van der Waals surface area contributed by atoms with Gasteiger partial charge in [-0.2, -0.15) is 11.8 Å². The number of benzene rings is 2. The molecule has 0 radical (unpaired) electrons. The quantitative estimate of drug-likeness (QED) is 0.261. The third-order valence-electron chi connectivity index (χ3n) is 4.23. The zero-order valence-corrected chi connectivity index (χ0v) is 18.5. The van der Waals surface area contributed by atoms with Crippen LogP contribution in [-0.2, 0) is 4.74 Å². The van der Waals surface area contributed by atoms with Crippen LogP contribution in [0.25, 0.3) is 0 Å². The molecule has 0 aliphatic carbocycles. The average molecular weight is 443 g/mol. The van der Waals surface area contributed by atoms with Crippen molar-refractivity contribution in [3.05, 3.63) is 65.9 Å². The smallest absolute Gasteiger partial charge is 0.138 e. The maximum Gasteiger partial charge on any atom is 0.138 e. The number of nitrogens with one attached hydrogen (secondary N) is 2. The first-order valence-corrected chi connectivity index (χ1v) is 11.4. The van der Waals surface area contributed by atoms with Gasteiger partial charge in [0.25, 0.3) is 0 Å². The summed E-state index contributed by atoms with van der Waals surface area (Å²) < 4.78 is 11.4. The van der Waals surface area contributed by atoms with Crippen LogP contribution >= 0.6 is 11.8 Å². The minimum Gasteiger partial charge on any atom is -0.457 e. The summed E-state index contributed by atoms with van der Waals surface area (Å²) in [6, 6.07) is 13.1. The zero-order chi connectivity index (χ0) is 22.3. The molecule has 8 heteroatoms. The standard InChI is InChI=1S/C23H30N4O3S/c1-31-14-13-29-17-27-23(9-10-24)18-3-5-20(6-4-18)30-21-7-8-22(19(15-21)16-25)26-11-2-12-28/h3-10,15-16,25-26,28H,2,11-14,17,24H2,1H3/b10-9-,25-16?,27-23-. The lowest BCUT2D eigenvalue weighted by Gasteiger charge is -2.12. The molecule has 0 fully saturated rings. The van der Waals surface area contributed by atoms with Crippen molar-refractivity contribution in [1.29, 1.82) is 5.41 Å². The van der Waals surface area contributed by atoms with Gasteiger partial charge in [0.1, 0.15) is 18.2 Å². The Morgan fingerprint density at radius 3 is 2.68 bits per heavy atom. The van der Waals surface area contributed by atoms with E-state index in [9.17, 15) is 0 Å². The number of hydrogen-bond acceptors (Lipinski definition) is 8. The number of anilines is 1. The lowest BCUT2D eigenvalue weighted by atomic mass is 10.1. The van der Waals surface area contributed by atoms with Gasteiger partial charge < -0.3 is 31.0 Å². The van der Waals surface area contributed by atoms with E-state index in [1.54, 1.807) is 23.9 Å². The number of aliphatic imine (C=N–C) groups is 1. The first-order chi connectivity index (χ1) is 15.2. The summed E-state index contributed by atoms with van der Waals surface area (Å²) in [6.45, 7) is 1.71. The second kappa shape index (κ2) is 14.2. The topological polar surface area (TPSA) is 113 Å². The van der Waals surface area contributed by atoms with Crippen molar-refractivity contribution >= 4 is 29.4 Å². The molecule has 2 aromatic carbocycles. The molecular formula is C23H30N4O3S. The Labute approximate surface area is 187 Å². The SMILES string of the molecule is CSCCOC/N=C(/C=C\N)c1ccc(Oc2ccc(NCCCO)c(C=N)c2)cc1. The van der Waals surface area contributed by atoms with Gasteiger partial charge >= 0.3 is 0 Å². The molecule has 0 heterocycles. The molecule has 0 bridgehead atoms. The zero-order valence-electron chi connectivity index (χ0n) is 17.7. The molecule has 2 aromatic rings. The Balaban J connectivity index is 2.05. The number of aliphatic hydroxyl groups is 1. The maximum absolute atomic E-state index is 8.91. The molecule has 31 heavy (non-hydrogen) atoms. The molecule has 0 spiro atoms. The van der Waals surface area contributed by atoms with Crippen molar-refractivity contribution in [2.24, 2.45) is 10.7 Å². The van der Waals surface area contributed by atoms with E-state index in [1.165, 1.54) is 12.4 Å². The van der Waals surface area contributed by atoms with Crippen LogP contribution in [0.3, 0.4) is 0 Å². The van der Waals surface area contributed by atoms with E-state index in [2.05, 4.69) is 10.3 Å². The predicted molar refractivity (Wildman–Crippen MR) is 130 cm³/mol. The van der Waals surface area contributed by atoms with Crippen molar-refractivity contribution in [1.82, 2.24) is 0 Å². The highest BCUT2D eigenvalue weighted by Gasteiger charge is 2.05. The second-order valence-electron chi connectivity index (χ2n) is 6.46. The Morgan fingerprint density at radius 1 is 1.23 bits per heavy atom. The van der Waals surface area contributed by atoms with Crippen LogP contribution < -0.4 is 15.8 Å². The molecule has 0 aliphatic heterocycles. The highest BCUT2D eigenvalue weighted by atomic mass is 32.2. The minimum absolute atomic E-state index is 0.128. The molecule has 0 aromatic heterocycles.